The van der Waals surface area contributed by atoms with E-state index in [9.17, 15) is 0 Å². The third-order valence-corrected chi connectivity index (χ3v) is 6.19. The second-order valence-corrected chi connectivity index (χ2v) is 9.06. The third-order valence-electron chi connectivity index (χ3n) is 6.19. The Balaban J connectivity index is 0.000000330. The summed E-state index contributed by atoms with van der Waals surface area (Å²) in [4.78, 5) is 0. The molecule has 3 nitrogen and oxygen atoms in total. The Morgan fingerprint density at radius 2 is 0.844 bits per heavy atom. The van der Waals surface area contributed by atoms with Crippen LogP contribution in [0, 0.1) is 0 Å². The topological polar surface area (TPSA) is 36.1 Å². The average molecular weight is 440 g/mol. The first-order valence-corrected chi connectivity index (χ1v) is 12.8. The fraction of sp³-hybridized carbons (Fsp3) is 0.586. The molecule has 0 spiro atoms. The van der Waals surface area contributed by atoms with E-state index in [1.165, 1.54) is 41.5 Å². The van der Waals surface area contributed by atoms with E-state index in [2.05, 4.69) is 113 Å². The largest absolute Gasteiger partial charge is 0.310 e. The first-order valence-electron chi connectivity index (χ1n) is 12.8. The van der Waals surface area contributed by atoms with Crippen LogP contribution in [0.3, 0.4) is 0 Å². The highest BCUT2D eigenvalue weighted by Crippen LogP contribution is 2.07. The van der Waals surface area contributed by atoms with Gasteiger partial charge in [0.15, 0.2) is 0 Å². The predicted octanol–water partition coefficient (Wildman–Crippen LogP) is 6.60. The lowest BCUT2D eigenvalue weighted by molar-refractivity contribution is 0.529. The molecule has 0 aliphatic rings. The van der Waals surface area contributed by atoms with E-state index in [1.54, 1.807) is 0 Å². The fourth-order valence-electron chi connectivity index (χ4n) is 3.12. The lowest BCUT2D eigenvalue weighted by atomic mass is 10.1. The van der Waals surface area contributed by atoms with E-state index >= 15 is 0 Å². The quantitative estimate of drug-likeness (QED) is 0.329. The van der Waals surface area contributed by atoms with E-state index in [4.69, 9.17) is 0 Å². The SMILES string of the molecule is CCC(C)NCc1cccc(CNC(C)CC)c1.CCc1cccc(CNC(C)CC)c1. The van der Waals surface area contributed by atoms with Crippen molar-refractivity contribution < 1.29 is 0 Å². The summed E-state index contributed by atoms with van der Waals surface area (Å²) in [6, 6.07) is 19.4. The minimum absolute atomic E-state index is 0.590. The minimum Gasteiger partial charge on any atom is -0.310 e. The van der Waals surface area contributed by atoms with Crippen molar-refractivity contribution in [2.24, 2.45) is 0 Å². The first-order chi connectivity index (χ1) is 15.4. The zero-order valence-electron chi connectivity index (χ0n) is 21.8. The number of hydrogen-bond acceptors (Lipinski definition) is 3. The van der Waals surface area contributed by atoms with Gasteiger partial charge >= 0.3 is 0 Å². The third kappa shape index (κ3) is 12.4. The van der Waals surface area contributed by atoms with Gasteiger partial charge in [-0.05, 0) is 68.7 Å². The van der Waals surface area contributed by atoms with Gasteiger partial charge in [0.1, 0.15) is 0 Å². The van der Waals surface area contributed by atoms with Crippen molar-refractivity contribution in [3.8, 4) is 0 Å². The zero-order chi connectivity index (χ0) is 23.8. The summed E-state index contributed by atoms with van der Waals surface area (Å²) in [6.07, 6.45) is 4.66. The highest BCUT2D eigenvalue weighted by molar-refractivity contribution is 5.24. The van der Waals surface area contributed by atoms with Crippen molar-refractivity contribution in [2.45, 2.75) is 112 Å². The van der Waals surface area contributed by atoms with Crippen molar-refractivity contribution in [3.63, 3.8) is 0 Å². The molecule has 0 radical (unpaired) electrons. The van der Waals surface area contributed by atoms with Crippen LogP contribution in [-0.2, 0) is 26.1 Å². The molecule has 3 N–H and O–H groups in total. The second kappa shape index (κ2) is 16.9. The maximum Gasteiger partial charge on any atom is 0.0208 e. The van der Waals surface area contributed by atoms with E-state index in [1.807, 2.05) is 0 Å². The standard InChI is InChI=1S/C16H28N2.C13H21N/c1-5-13(3)17-11-15-8-7-9-16(10-15)12-18-14(4)6-2;1-4-11(3)14-10-13-8-6-7-12(5-2)9-13/h7-10,13-14,17-18H,5-6,11-12H2,1-4H3;6-9,11,14H,4-5,10H2,1-3H3. The van der Waals surface area contributed by atoms with E-state index in [0.29, 0.717) is 18.1 Å². The van der Waals surface area contributed by atoms with Crippen LogP contribution in [0.4, 0.5) is 0 Å². The molecule has 0 saturated carbocycles. The van der Waals surface area contributed by atoms with Gasteiger partial charge in [-0.15, -0.1) is 0 Å². The van der Waals surface area contributed by atoms with Crippen LogP contribution in [0.1, 0.15) is 90.0 Å². The van der Waals surface area contributed by atoms with E-state index < -0.39 is 0 Å². The molecule has 0 bridgehead atoms. The highest BCUT2D eigenvalue weighted by Gasteiger charge is 2.02. The lowest BCUT2D eigenvalue weighted by Gasteiger charge is -2.14. The Labute approximate surface area is 198 Å². The highest BCUT2D eigenvalue weighted by atomic mass is 14.9. The predicted molar refractivity (Wildman–Crippen MR) is 142 cm³/mol. The molecule has 32 heavy (non-hydrogen) atoms. The molecule has 0 saturated heterocycles. The van der Waals surface area contributed by atoms with Crippen molar-refractivity contribution in [1.29, 1.82) is 0 Å². The van der Waals surface area contributed by atoms with Gasteiger partial charge in [-0.1, -0.05) is 76.2 Å². The average Bonchev–Trinajstić information content (AvgIpc) is 2.84. The summed E-state index contributed by atoms with van der Waals surface area (Å²) in [6.45, 7) is 18.4. The van der Waals surface area contributed by atoms with Crippen molar-refractivity contribution in [1.82, 2.24) is 16.0 Å². The molecule has 3 unspecified atom stereocenters. The summed E-state index contributed by atoms with van der Waals surface area (Å²) in [5, 5.41) is 10.6. The molecule has 0 aliphatic heterocycles. The zero-order valence-corrected chi connectivity index (χ0v) is 21.8. The Kier molecular flexibility index (Phi) is 15.0. The molecule has 0 fully saturated rings. The molecule has 3 atom stereocenters. The van der Waals surface area contributed by atoms with Gasteiger partial charge in [0.25, 0.3) is 0 Å². The lowest BCUT2D eigenvalue weighted by Crippen LogP contribution is -2.25. The smallest absolute Gasteiger partial charge is 0.0208 e. The Hall–Kier alpha value is -1.68. The molecule has 2 rings (SSSR count). The molecule has 2 aromatic rings. The molecule has 0 heterocycles. The van der Waals surface area contributed by atoms with Gasteiger partial charge in [-0.25, -0.2) is 0 Å². The molecule has 180 valence electrons. The number of aryl methyl sites for hydroxylation is 1. The maximum atomic E-state index is 3.53. The van der Waals surface area contributed by atoms with Crippen LogP contribution in [0.25, 0.3) is 0 Å². The van der Waals surface area contributed by atoms with Crippen LogP contribution in [0.2, 0.25) is 0 Å². The van der Waals surface area contributed by atoms with E-state index in [-0.39, 0.29) is 0 Å². The second-order valence-electron chi connectivity index (χ2n) is 9.06. The number of rotatable bonds is 13. The van der Waals surface area contributed by atoms with Crippen molar-refractivity contribution in [3.05, 3.63) is 70.8 Å². The van der Waals surface area contributed by atoms with Crippen LogP contribution in [0.5, 0.6) is 0 Å². The number of benzene rings is 2. The van der Waals surface area contributed by atoms with Gasteiger partial charge in [0, 0.05) is 37.8 Å². The first kappa shape index (κ1) is 28.4. The monoisotopic (exact) mass is 439 g/mol. The van der Waals surface area contributed by atoms with E-state index in [0.717, 1.165) is 26.1 Å². The Bertz CT molecular complexity index is 699. The number of hydrogen-bond donors (Lipinski definition) is 3. The Morgan fingerprint density at radius 1 is 0.531 bits per heavy atom. The van der Waals surface area contributed by atoms with Gasteiger partial charge in [-0.2, -0.15) is 0 Å². The van der Waals surface area contributed by atoms with Crippen LogP contribution >= 0.6 is 0 Å². The molecule has 3 heteroatoms. The Morgan fingerprint density at radius 3 is 1.16 bits per heavy atom. The van der Waals surface area contributed by atoms with Gasteiger partial charge in [0.05, 0.1) is 0 Å². The summed E-state index contributed by atoms with van der Waals surface area (Å²) in [5.41, 5.74) is 5.57. The minimum atomic E-state index is 0.590. The molecule has 0 aliphatic carbocycles. The van der Waals surface area contributed by atoms with Crippen molar-refractivity contribution >= 4 is 0 Å². The fourth-order valence-corrected chi connectivity index (χ4v) is 3.12. The maximum absolute atomic E-state index is 3.53. The van der Waals surface area contributed by atoms with Gasteiger partial charge in [-0.3, -0.25) is 0 Å². The summed E-state index contributed by atoms with van der Waals surface area (Å²) in [5.74, 6) is 0. The molecular formula is C29H49N3. The summed E-state index contributed by atoms with van der Waals surface area (Å²) >= 11 is 0. The summed E-state index contributed by atoms with van der Waals surface area (Å²) < 4.78 is 0. The van der Waals surface area contributed by atoms with Crippen molar-refractivity contribution in [2.75, 3.05) is 0 Å². The summed E-state index contributed by atoms with van der Waals surface area (Å²) in [7, 11) is 0. The van der Waals surface area contributed by atoms with Crippen LogP contribution in [-0.4, -0.2) is 18.1 Å². The molecule has 0 aromatic heterocycles. The van der Waals surface area contributed by atoms with Gasteiger partial charge in [0.2, 0.25) is 0 Å². The normalized spacial score (nSPS) is 13.7. The van der Waals surface area contributed by atoms with Crippen LogP contribution in [0.15, 0.2) is 48.5 Å². The number of nitrogens with one attached hydrogen (secondary N) is 3. The molecular weight excluding hydrogens is 390 g/mol. The molecule has 0 amide bonds. The van der Waals surface area contributed by atoms with Crippen LogP contribution < -0.4 is 16.0 Å². The van der Waals surface area contributed by atoms with Gasteiger partial charge < -0.3 is 16.0 Å². The molecule has 2 aromatic carbocycles.